The molecule has 1 aromatic carbocycles. The van der Waals surface area contributed by atoms with Crippen molar-refractivity contribution in [1.82, 2.24) is 9.97 Å². The van der Waals surface area contributed by atoms with Crippen molar-refractivity contribution >= 4 is 29.1 Å². The van der Waals surface area contributed by atoms with Gasteiger partial charge in [0, 0.05) is 24.4 Å². The molecule has 9 heteroatoms. The summed E-state index contributed by atoms with van der Waals surface area (Å²) in [6.07, 6.45) is 7.06. The summed E-state index contributed by atoms with van der Waals surface area (Å²) < 4.78 is 29.6. The minimum atomic E-state index is -0.799. The van der Waals surface area contributed by atoms with Gasteiger partial charge >= 0.3 is 0 Å². The fourth-order valence-electron chi connectivity index (χ4n) is 3.44. The van der Waals surface area contributed by atoms with Crippen LogP contribution in [0, 0.1) is 11.6 Å². The molecular weight excluding hydrogens is 432 g/mol. The van der Waals surface area contributed by atoms with E-state index in [0.717, 1.165) is 67.0 Å². The van der Waals surface area contributed by atoms with Gasteiger partial charge in [-0.2, -0.15) is 0 Å². The highest BCUT2D eigenvalue weighted by molar-refractivity contribution is 7.99. The van der Waals surface area contributed by atoms with Crippen LogP contribution in [0.2, 0.25) is 0 Å². The maximum atomic E-state index is 11.9. The zero-order valence-corrected chi connectivity index (χ0v) is 19.6. The molecule has 0 saturated heterocycles. The van der Waals surface area contributed by atoms with Gasteiger partial charge in [0.05, 0.1) is 6.10 Å². The normalized spacial score (nSPS) is 19.9. The molecule has 2 aliphatic carbocycles. The molecule has 32 heavy (non-hydrogen) atoms. The molecule has 4 rings (SSSR count). The largest absolute Gasteiger partial charge is 0.393 e. The second-order valence-corrected chi connectivity index (χ2v) is 9.09. The van der Waals surface area contributed by atoms with Gasteiger partial charge in [-0.25, -0.2) is 18.7 Å². The Morgan fingerprint density at radius 3 is 2.12 bits per heavy atom. The molecule has 0 aliphatic heterocycles. The molecular formula is C23H33F2N5OS. The smallest absolute Gasteiger partial charge is 0.191 e. The Hall–Kier alpha value is -2.13. The topological polar surface area (TPSA) is 85.1 Å². The van der Waals surface area contributed by atoms with E-state index in [1.54, 1.807) is 11.8 Å². The number of hydrogen-bond donors (Lipinski definition) is 3. The molecule has 0 bridgehead atoms. The molecule has 1 heterocycles. The van der Waals surface area contributed by atoms with Crippen LogP contribution in [0.1, 0.15) is 52.4 Å². The monoisotopic (exact) mass is 465 g/mol. The van der Waals surface area contributed by atoms with Gasteiger partial charge in [-0.05, 0) is 57.6 Å². The zero-order valence-electron chi connectivity index (χ0n) is 18.7. The Balaban J connectivity index is 0.000000305. The summed E-state index contributed by atoms with van der Waals surface area (Å²) in [5.74, 6) is 0.976. The van der Waals surface area contributed by atoms with E-state index in [4.69, 9.17) is 10.5 Å². The van der Waals surface area contributed by atoms with Crippen LogP contribution in [-0.2, 0) is 4.74 Å². The molecule has 0 spiro atoms. The fourth-order valence-corrected chi connectivity index (χ4v) is 4.14. The van der Waals surface area contributed by atoms with Crippen molar-refractivity contribution in [2.75, 3.05) is 28.7 Å². The number of thioether (sulfide) groups is 1. The van der Waals surface area contributed by atoms with Crippen LogP contribution in [0.4, 0.5) is 26.1 Å². The first kappa shape index (κ1) is 24.5. The number of rotatable bonds is 9. The maximum Gasteiger partial charge on any atom is 0.191 e. The molecule has 2 aromatic rings. The summed E-state index contributed by atoms with van der Waals surface area (Å²) in [4.78, 5) is 9.29. The summed E-state index contributed by atoms with van der Waals surface area (Å²) in [6.45, 7) is 5.00. The molecule has 2 atom stereocenters. The molecule has 2 unspecified atom stereocenters. The predicted octanol–water partition coefficient (Wildman–Crippen LogP) is 5.47. The van der Waals surface area contributed by atoms with Crippen molar-refractivity contribution in [2.45, 2.75) is 75.7 Å². The number of anilines is 3. The van der Waals surface area contributed by atoms with Gasteiger partial charge in [-0.1, -0.05) is 30.8 Å². The Labute approximate surface area is 193 Å². The van der Waals surface area contributed by atoms with E-state index < -0.39 is 11.6 Å². The number of halogens is 2. The van der Waals surface area contributed by atoms with Crippen LogP contribution in [0.25, 0.3) is 0 Å². The number of aromatic nitrogens is 2. The van der Waals surface area contributed by atoms with Gasteiger partial charge in [0.2, 0.25) is 0 Å². The Kier molecular flexibility index (Phi) is 9.35. The number of ether oxygens (including phenoxy) is 1. The molecule has 2 saturated carbocycles. The fraction of sp³-hybridized carbons (Fsp3) is 0.565. The van der Waals surface area contributed by atoms with Gasteiger partial charge < -0.3 is 21.1 Å². The number of hydrogen-bond acceptors (Lipinski definition) is 7. The molecule has 176 valence electrons. The summed E-state index contributed by atoms with van der Waals surface area (Å²) >= 11 is 1.69. The average Bonchev–Trinajstić information content (AvgIpc) is 3.49. The summed E-state index contributed by atoms with van der Waals surface area (Å²) in [6, 6.07) is 5.94. The lowest BCUT2D eigenvalue weighted by molar-refractivity contribution is 0.0679. The van der Waals surface area contributed by atoms with E-state index in [1.165, 1.54) is 25.0 Å². The molecule has 6 nitrogen and oxygen atoms in total. The van der Waals surface area contributed by atoms with Crippen molar-refractivity contribution < 1.29 is 13.5 Å². The van der Waals surface area contributed by atoms with Crippen LogP contribution in [0.3, 0.4) is 0 Å². The van der Waals surface area contributed by atoms with Gasteiger partial charge in [0.15, 0.2) is 28.4 Å². The van der Waals surface area contributed by atoms with Crippen molar-refractivity contribution in [3.63, 3.8) is 0 Å². The minimum Gasteiger partial charge on any atom is -0.393 e. The Morgan fingerprint density at radius 1 is 1.00 bits per heavy atom. The third-order valence-electron chi connectivity index (χ3n) is 5.23. The van der Waals surface area contributed by atoms with Crippen LogP contribution in [0.15, 0.2) is 29.4 Å². The minimum absolute atomic E-state index is 0.355. The number of nitrogens with two attached hydrogens (primary N) is 1. The summed E-state index contributed by atoms with van der Waals surface area (Å²) in [7, 11) is 0. The molecule has 2 aliphatic rings. The first-order valence-corrected chi connectivity index (χ1v) is 12.3. The highest BCUT2D eigenvalue weighted by Gasteiger charge is 2.27. The lowest BCUT2D eigenvalue weighted by Gasteiger charge is -2.18. The van der Waals surface area contributed by atoms with E-state index >= 15 is 0 Å². The first-order chi connectivity index (χ1) is 15.5. The lowest BCUT2D eigenvalue weighted by Crippen LogP contribution is -2.20. The molecule has 1 aromatic heterocycles. The summed E-state index contributed by atoms with van der Waals surface area (Å²) in [5.41, 5.74) is 6.98. The van der Waals surface area contributed by atoms with Crippen LogP contribution in [0.5, 0.6) is 0 Å². The second kappa shape index (κ2) is 12.2. The number of nitrogens with zero attached hydrogens (tertiary/aromatic N) is 2. The van der Waals surface area contributed by atoms with E-state index in [0.29, 0.717) is 23.9 Å². The number of nitrogen functional groups attached to an aromatic ring is 1. The van der Waals surface area contributed by atoms with Gasteiger partial charge in [-0.3, -0.25) is 0 Å². The van der Waals surface area contributed by atoms with Crippen molar-refractivity contribution in [1.29, 1.82) is 0 Å². The van der Waals surface area contributed by atoms with E-state index in [2.05, 4.69) is 34.4 Å². The van der Waals surface area contributed by atoms with Crippen molar-refractivity contribution in [3.05, 3.63) is 35.9 Å². The predicted molar refractivity (Wildman–Crippen MR) is 127 cm³/mol. The zero-order chi connectivity index (χ0) is 22.9. The molecule has 2 fully saturated rings. The van der Waals surface area contributed by atoms with Gasteiger partial charge in [0.25, 0.3) is 0 Å². The third-order valence-corrected chi connectivity index (χ3v) is 6.28. The third kappa shape index (κ3) is 7.48. The van der Waals surface area contributed by atoms with Crippen LogP contribution < -0.4 is 16.4 Å². The van der Waals surface area contributed by atoms with E-state index in [9.17, 15) is 8.78 Å². The van der Waals surface area contributed by atoms with Crippen molar-refractivity contribution in [3.8, 4) is 0 Å². The highest BCUT2D eigenvalue weighted by Crippen LogP contribution is 2.34. The van der Waals surface area contributed by atoms with Gasteiger partial charge in [-0.15, -0.1) is 0 Å². The number of nitrogens with one attached hydrogen (secondary N) is 2. The highest BCUT2D eigenvalue weighted by atomic mass is 32.2. The Bertz CT molecular complexity index is 847. The molecule has 0 amide bonds. The van der Waals surface area contributed by atoms with Gasteiger partial charge in [0.1, 0.15) is 5.69 Å². The van der Waals surface area contributed by atoms with E-state index in [1.807, 2.05) is 0 Å². The lowest BCUT2D eigenvalue weighted by atomic mass is 10.2. The quantitative estimate of drug-likeness (QED) is 0.334. The summed E-state index contributed by atoms with van der Waals surface area (Å²) in [5, 5.41) is 7.78. The maximum absolute atomic E-state index is 11.9. The van der Waals surface area contributed by atoms with E-state index in [-0.39, 0.29) is 0 Å². The van der Waals surface area contributed by atoms with Crippen LogP contribution in [-0.4, -0.2) is 40.5 Å². The van der Waals surface area contributed by atoms with Crippen molar-refractivity contribution in [2.24, 2.45) is 0 Å². The second-order valence-electron chi connectivity index (χ2n) is 8.03. The number of benzene rings is 1. The molecule has 4 N–H and O–H groups in total. The first-order valence-electron chi connectivity index (χ1n) is 11.3. The standard InChI is InChI=1S/C17H29N5OS.C6H4F2/c1-3-9-24-17-21-15(19-11-5-6-11)14(18)16(22-17)20-12-7-8-13(10-12)23-4-2;7-5-3-1-2-4-6(5)8/h11-13H,3-10,18H2,1-2H3,(H2,19,20,21,22);1-4H. The SMILES string of the molecule is CCCSc1nc(NC2CC2)c(N)c(NC2CCC(OCC)C2)n1.Fc1ccccc1F. The van der Waals surface area contributed by atoms with Crippen LogP contribution >= 0.6 is 11.8 Å². The molecule has 0 radical (unpaired) electrons. The average molecular weight is 466 g/mol. The Morgan fingerprint density at radius 2 is 1.59 bits per heavy atom.